The van der Waals surface area contributed by atoms with Gasteiger partial charge in [-0.25, -0.2) is 0 Å². The quantitative estimate of drug-likeness (QED) is 0.373. The molecule has 0 aromatic heterocycles. The molecule has 108 valence electrons. The Hall–Kier alpha value is -0.556. The van der Waals surface area contributed by atoms with Gasteiger partial charge in [-0.15, -0.1) is 0 Å². The number of hydrogen-bond donors (Lipinski definition) is 1. The molecule has 1 N–H and O–H groups in total. The van der Waals surface area contributed by atoms with Crippen molar-refractivity contribution in [3.8, 4) is 0 Å². The Labute approximate surface area is 125 Å². The zero-order valence-corrected chi connectivity index (χ0v) is 12.2. The second-order valence-electron chi connectivity index (χ2n) is 6.19. The van der Waals surface area contributed by atoms with Crippen LogP contribution in [0, 0.1) is 23.7 Å². The molecule has 0 aromatic rings. The van der Waals surface area contributed by atoms with Gasteiger partial charge in [0, 0.05) is 34.4 Å². The minimum atomic E-state index is 0. The van der Waals surface area contributed by atoms with Crippen molar-refractivity contribution in [3.05, 3.63) is 24.0 Å². The smallest absolute Gasteiger partial charge is 0.162 e. The molecule has 2 fully saturated rings. The molecule has 2 nitrogen and oxygen atoms in total. The van der Waals surface area contributed by atoms with Crippen molar-refractivity contribution < 1.29 is 26.4 Å². The predicted octanol–water partition coefficient (Wildman–Crippen LogP) is 3.79. The number of ketones is 1. The van der Waals surface area contributed by atoms with Gasteiger partial charge in [0.1, 0.15) is 0 Å². The third kappa shape index (κ3) is 3.13. The Morgan fingerprint density at radius 2 is 1.84 bits per heavy atom. The van der Waals surface area contributed by atoms with Gasteiger partial charge in [0.05, 0.1) is 5.76 Å². The van der Waals surface area contributed by atoms with E-state index in [0.717, 1.165) is 19.3 Å². The summed E-state index contributed by atoms with van der Waals surface area (Å²) in [6, 6.07) is 0. The number of rotatable bonds is 3. The van der Waals surface area contributed by atoms with Crippen LogP contribution in [0.3, 0.4) is 0 Å². The first-order valence-electron chi connectivity index (χ1n) is 7.37. The maximum Gasteiger partial charge on any atom is 0.162 e. The molecule has 19 heavy (non-hydrogen) atoms. The maximum atomic E-state index is 12.1. The second-order valence-corrected chi connectivity index (χ2v) is 6.19. The van der Waals surface area contributed by atoms with Crippen molar-refractivity contribution in [2.75, 3.05) is 0 Å². The predicted molar refractivity (Wildman–Crippen MR) is 71.1 cm³/mol. The van der Waals surface area contributed by atoms with Crippen LogP contribution >= 0.6 is 0 Å². The molecule has 3 heteroatoms. The summed E-state index contributed by atoms with van der Waals surface area (Å²) in [4.78, 5) is 12.1. The topological polar surface area (TPSA) is 37.3 Å². The van der Waals surface area contributed by atoms with Crippen LogP contribution in [-0.4, -0.2) is 10.9 Å². The molecule has 3 rings (SSSR count). The molecule has 3 aliphatic carbocycles. The summed E-state index contributed by atoms with van der Waals surface area (Å²) in [5, 5.41) is 10.2. The van der Waals surface area contributed by atoms with Crippen molar-refractivity contribution in [2.24, 2.45) is 23.7 Å². The van der Waals surface area contributed by atoms with Crippen LogP contribution < -0.4 is 0 Å². The third-order valence-corrected chi connectivity index (χ3v) is 4.96. The molecule has 0 heterocycles. The van der Waals surface area contributed by atoms with E-state index in [1.807, 2.05) is 0 Å². The first-order valence-corrected chi connectivity index (χ1v) is 7.37. The average Bonchev–Trinajstić information content (AvgIpc) is 3.02. The van der Waals surface area contributed by atoms with Crippen LogP contribution in [0.2, 0.25) is 0 Å². The van der Waals surface area contributed by atoms with Gasteiger partial charge in [0.2, 0.25) is 0 Å². The van der Waals surface area contributed by atoms with Crippen molar-refractivity contribution in [1.29, 1.82) is 0 Å². The van der Waals surface area contributed by atoms with Gasteiger partial charge in [0.25, 0.3) is 0 Å². The minimum Gasteiger partial charge on any atom is -0.512 e. The maximum absolute atomic E-state index is 12.1. The number of fused-ring (bicyclic) bond motifs is 2. The molecule has 0 spiro atoms. The molecule has 3 aliphatic rings. The Morgan fingerprint density at radius 1 is 1.11 bits per heavy atom. The summed E-state index contributed by atoms with van der Waals surface area (Å²) in [5.41, 5.74) is 0. The molecule has 3 atom stereocenters. The Balaban J connectivity index is 0.00000133. The summed E-state index contributed by atoms with van der Waals surface area (Å²) in [6.07, 6.45) is 13.8. The number of allylic oxidation sites excluding steroid dienone is 4. The van der Waals surface area contributed by atoms with Crippen molar-refractivity contribution >= 4 is 5.78 Å². The van der Waals surface area contributed by atoms with Crippen molar-refractivity contribution in [3.63, 3.8) is 0 Å². The number of hydrogen-bond acceptors (Lipinski definition) is 2. The first kappa shape index (κ1) is 14.8. The SMILES string of the molecule is O=C(/C=C(\O)C1CC2C=CC1C2)C1CCCCC1.[Ni]. The Kier molecular flexibility index (Phi) is 4.89. The van der Waals surface area contributed by atoms with Gasteiger partial charge in [-0.1, -0.05) is 31.4 Å². The van der Waals surface area contributed by atoms with Gasteiger partial charge in [0.15, 0.2) is 5.78 Å². The van der Waals surface area contributed by atoms with Gasteiger partial charge in [-0.2, -0.15) is 0 Å². The molecule has 0 radical (unpaired) electrons. The van der Waals surface area contributed by atoms with Crippen LogP contribution in [0.15, 0.2) is 24.0 Å². The van der Waals surface area contributed by atoms with Crippen LogP contribution in [0.5, 0.6) is 0 Å². The normalized spacial score (nSPS) is 34.3. The standard InChI is InChI=1S/C16H22O2.Ni/c17-15(12-4-2-1-3-5-12)10-16(18)14-9-11-6-7-13(14)8-11;/h6-7,10-14,18H,1-5,8-9H2;/b16-10-;. The largest absolute Gasteiger partial charge is 0.512 e. The summed E-state index contributed by atoms with van der Waals surface area (Å²) in [7, 11) is 0. The molecular formula is C16H22NiO2. The molecule has 2 saturated carbocycles. The van der Waals surface area contributed by atoms with E-state index in [1.54, 1.807) is 6.08 Å². The summed E-state index contributed by atoms with van der Waals surface area (Å²) >= 11 is 0. The van der Waals surface area contributed by atoms with E-state index in [2.05, 4.69) is 12.2 Å². The van der Waals surface area contributed by atoms with Crippen LogP contribution in [0.1, 0.15) is 44.9 Å². The zero-order valence-electron chi connectivity index (χ0n) is 11.2. The molecule has 0 amide bonds. The van der Waals surface area contributed by atoms with Crippen molar-refractivity contribution in [1.82, 2.24) is 0 Å². The fourth-order valence-electron chi connectivity index (χ4n) is 3.88. The second kappa shape index (κ2) is 6.26. The van der Waals surface area contributed by atoms with E-state index in [4.69, 9.17) is 0 Å². The number of aliphatic hydroxyl groups is 1. The van der Waals surface area contributed by atoms with E-state index >= 15 is 0 Å². The van der Waals surface area contributed by atoms with Gasteiger partial charge in [-0.05, 0) is 37.5 Å². The van der Waals surface area contributed by atoms with E-state index in [9.17, 15) is 9.90 Å². The average molecular weight is 305 g/mol. The van der Waals surface area contributed by atoms with E-state index in [1.165, 1.54) is 25.7 Å². The number of carbonyl (C=O) groups is 1. The zero-order chi connectivity index (χ0) is 12.5. The monoisotopic (exact) mass is 304 g/mol. The van der Waals surface area contributed by atoms with Gasteiger partial charge < -0.3 is 5.11 Å². The molecule has 2 bridgehead atoms. The first-order chi connectivity index (χ1) is 8.74. The Morgan fingerprint density at radius 3 is 2.42 bits per heavy atom. The molecule has 0 aromatic carbocycles. The fourth-order valence-corrected chi connectivity index (χ4v) is 3.88. The van der Waals surface area contributed by atoms with Crippen molar-refractivity contribution in [2.45, 2.75) is 44.9 Å². The van der Waals surface area contributed by atoms with Crippen LogP contribution in [0.25, 0.3) is 0 Å². The summed E-state index contributed by atoms with van der Waals surface area (Å²) in [6.45, 7) is 0. The van der Waals surface area contributed by atoms with E-state index in [0.29, 0.717) is 17.6 Å². The summed E-state index contributed by atoms with van der Waals surface area (Å²) in [5.74, 6) is 2.02. The molecule has 0 aliphatic heterocycles. The summed E-state index contributed by atoms with van der Waals surface area (Å²) < 4.78 is 0. The number of carbonyl (C=O) groups excluding carboxylic acids is 1. The molecule has 3 unspecified atom stereocenters. The molecular weight excluding hydrogens is 283 g/mol. The van der Waals surface area contributed by atoms with Gasteiger partial charge >= 0.3 is 0 Å². The van der Waals surface area contributed by atoms with Gasteiger partial charge in [-0.3, -0.25) is 4.79 Å². The number of aliphatic hydroxyl groups excluding tert-OH is 1. The third-order valence-electron chi connectivity index (χ3n) is 4.96. The minimum absolute atomic E-state index is 0. The van der Waals surface area contributed by atoms with E-state index < -0.39 is 0 Å². The Bertz CT molecular complexity index is 394. The molecule has 0 saturated heterocycles. The van der Waals surface area contributed by atoms with E-state index in [-0.39, 0.29) is 34.1 Å². The fraction of sp³-hybridized carbons (Fsp3) is 0.688. The van der Waals surface area contributed by atoms with Crippen LogP contribution in [-0.2, 0) is 21.3 Å². The van der Waals surface area contributed by atoms with Crippen LogP contribution in [0.4, 0.5) is 0 Å².